The lowest BCUT2D eigenvalue weighted by Crippen LogP contribution is -2.26. The number of hydrogen-bond acceptors (Lipinski definition) is 7. The molecule has 3 aromatic heterocycles. The Morgan fingerprint density at radius 3 is 2.65 bits per heavy atom. The topological polar surface area (TPSA) is 91.2 Å². The van der Waals surface area contributed by atoms with Crippen LogP contribution in [0.3, 0.4) is 0 Å². The second-order valence-corrected chi connectivity index (χ2v) is 8.07. The SMILES string of the molecule is COCc1nc(OC)c2c(C)c(C(=O)NC(C)c3ccc(-n4ccnc4)cc3)sc2n1. The van der Waals surface area contributed by atoms with Gasteiger partial charge in [-0.25, -0.2) is 9.97 Å². The highest BCUT2D eigenvalue weighted by Crippen LogP contribution is 2.35. The summed E-state index contributed by atoms with van der Waals surface area (Å²) >= 11 is 1.33. The van der Waals surface area contributed by atoms with Crippen LogP contribution >= 0.6 is 11.3 Å². The average Bonchev–Trinajstić information content (AvgIpc) is 3.42. The Morgan fingerprint density at radius 2 is 2.00 bits per heavy atom. The molecule has 0 saturated carbocycles. The van der Waals surface area contributed by atoms with Crippen molar-refractivity contribution < 1.29 is 14.3 Å². The first-order valence-electron chi connectivity index (χ1n) is 9.74. The van der Waals surface area contributed by atoms with Crippen molar-refractivity contribution in [1.82, 2.24) is 24.8 Å². The maximum atomic E-state index is 13.1. The Balaban J connectivity index is 1.57. The molecule has 0 fully saturated rings. The lowest BCUT2D eigenvalue weighted by molar-refractivity contribution is 0.0943. The summed E-state index contributed by atoms with van der Waals surface area (Å²) in [7, 11) is 3.15. The number of ether oxygens (including phenoxy) is 2. The van der Waals surface area contributed by atoms with Crippen LogP contribution in [0.1, 0.15) is 39.6 Å². The van der Waals surface area contributed by atoms with Crippen LogP contribution in [0.2, 0.25) is 0 Å². The van der Waals surface area contributed by atoms with Gasteiger partial charge in [-0.3, -0.25) is 4.79 Å². The maximum Gasteiger partial charge on any atom is 0.262 e. The number of aromatic nitrogens is 4. The van der Waals surface area contributed by atoms with E-state index in [4.69, 9.17) is 9.47 Å². The number of hydrogen-bond donors (Lipinski definition) is 1. The Kier molecular flexibility index (Phi) is 5.97. The van der Waals surface area contributed by atoms with E-state index in [1.807, 2.05) is 48.9 Å². The quantitative estimate of drug-likeness (QED) is 0.472. The van der Waals surface area contributed by atoms with Gasteiger partial charge in [-0.2, -0.15) is 4.98 Å². The minimum absolute atomic E-state index is 0.151. The van der Waals surface area contributed by atoms with E-state index >= 15 is 0 Å². The minimum Gasteiger partial charge on any atom is -0.480 e. The predicted molar refractivity (Wildman–Crippen MR) is 119 cm³/mol. The monoisotopic (exact) mass is 437 g/mol. The molecule has 0 radical (unpaired) electrons. The number of thiophene rings is 1. The third kappa shape index (κ3) is 4.14. The van der Waals surface area contributed by atoms with Gasteiger partial charge >= 0.3 is 0 Å². The van der Waals surface area contributed by atoms with Crippen molar-refractivity contribution >= 4 is 27.5 Å². The first-order chi connectivity index (χ1) is 15.0. The molecule has 0 bridgehead atoms. The van der Waals surface area contributed by atoms with Gasteiger partial charge in [0.2, 0.25) is 5.88 Å². The van der Waals surface area contributed by atoms with Crippen LogP contribution in [0.4, 0.5) is 0 Å². The minimum atomic E-state index is -0.161. The van der Waals surface area contributed by atoms with Gasteiger partial charge in [-0.1, -0.05) is 12.1 Å². The zero-order valence-electron chi connectivity index (χ0n) is 17.7. The molecule has 1 N–H and O–H groups in total. The lowest BCUT2D eigenvalue weighted by atomic mass is 10.1. The summed E-state index contributed by atoms with van der Waals surface area (Å²) in [6.45, 7) is 4.13. The van der Waals surface area contributed by atoms with Gasteiger partial charge in [0.05, 0.1) is 29.7 Å². The number of amides is 1. The Bertz CT molecular complexity index is 1200. The number of imidazole rings is 1. The third-order valence-electron chi connectivity index (χ3n) is 5.02. The van der Waals surface area contributed by atoms with Gasteiger partial charge in [-0.15, -0.1) is 11.3 Å². The molecule has 0 aliphatic heterocycles. The largest absolute Gasteiger partial charge is 0.480 e. The zero-order valence-corrected chi connectivity index (χ0v) is 18.6. The van der Waals surface area contributed by atoms with E-state index in [1.165, 1.54) is 11.3 Å². The molecule has 1 aromatic carbocycles. The fraction of sp³-hybridized carbons (Fsp3) is 0.273. The molecule has 4 rings (SSSR count). The lowest BCUT2D eigenvalue weighted by Gasteiger charge is -2.15. The molecule has 3 heterocycles. The third-order valence-corrected chi connectivity index (χ3v) is 6.20. The van der Waals surface area contributed by atoms with E-state index in [0.717, 1.165) is 22.2 Å². The molecule has 4 aromatic rings. The van der Waals surface area contributed by atoms with Gasteiger partial charge < -0.3 is 19.4 Å². The highest BCUT2D eigenvalue weighted by Gasteiger charge is 2.22. The molecule has 0 aliphatic rings. The molecule has 0 saturated heterocycles. The van der Waals surface area contributed by atoms with Crippen molar-refractivity contribution in [2.45, 2.75) is 26.5 Å². The summed E-state index contributed by atoms with van der Waals surface area (Å²) in [6, 6.07) is 7.85. The summed E-state index contributed by atoms with van der Waals surface area (Å²) < 4.78 is 12.5. The van der Waals surface area contributed by atoms with Gasteiger partial charge in [0.15, 0.2) is 5.82 Å². The summed E-state index contributed by atoms with van der Waals surface area (Å²) in [5, 5.41) is 3.84. The molecule has 160 valence electrons. The fourth-order valence-electron chi connectivity index (χ4n) is 3.39. The Hall–Kier alpha value is -3.30. The maximum absolute atomic E-state index is 13.1. The van der Waals surface area contributed by atoms with Crippen molar-refractivity contribution in [1.29, 1.82) is 0 Å². The van der Waals surface area contributed by atoms with Crippen molar-refractivity contribution in [2.24, 2.45) is 0 Å². The second-order valence-electron chi connectivity index (χ2n) is 7.08. The highest BCUT2D eigenvalue weighted by atomic mass is 32.1. The van der Waals surface area contributed by atoms with Crippen molar-refractivity contribution in [3.63, 3.8) is 0 Å². The van der Waals surface area contributed by atoms with E-state index in [9.17, 15) is 4.79 Å². The van der Waals surface area contributed by atoms with Crippen LogP contribution in [0.15, 0.2) is 43.0 Å². The highest BCUT2D eigenvalue weighted by molar-refractivity contribution is 7.20. The van der Waals surface area contributed by atoms with Crippen LogP contribution in [0.5, 0.6) is 5.88 Å². The van der Waals surface area contributed by atoms with Crippen LogP contribution < -0.4 is 10.1 Å². The van der Waals surface area contributed by atoms with Crippen LogP contribution in [0, 0.1) is 6.92 Å². The van der Waals surface area contributed by atoms with E-state index in [1.54, 1.807) is 26.7 Å². The number of carbonyl (C=O) groups is 1. The number of aryl methyl sites for hydroxylation is 1. The number of methoxy groups -OCH3 is 2. The second kappa shape index (κ2) is 8.83. The first kappa shape index (κ1) is 21.0. The number of nitrogens with zero attached hydrogens (tertiary/aromatic N) is 4. The Labute approximate surface area is 183 Å². The molecule has 0 spiro atoms. The molecule has 8 nitrogen and oxygen atoms in total. The molecule has 31 heavy (non-hydrogen) atoms. The molecule has 1 unspecified atom stereocenters. The average molecular weight is 438 g/mol. The summed E-state index contributed by atoms with van der Waals surface area (Å²) in [5.74, 6) is 0.821. The molecule has 1 amide bonds. The van der Waals surface area contributed by atoms with Gasteiger partial charge in [0.1, 0.15) is 11.4 Å². The molecular formula is C22H23N5O3S. The normalized spacial score (nSPS) is 12.1. The van der Waals surface area contributed by atoms with Crippen LogP contribution in [-0.2, 0) is 11.3 Å². The number of rotatable bonds is 7. The number of fused-ring (bicyclic) bond motifs is 1. The van der Waals surface area contributed by atoms with E-state index in [0.29, 0.717) is 21.4 Å². The number of nitrogens with one attached hydrogen (secondary N) is 1. The van der Waals surface area contributed by atoms with Crippen molar-refractivity contribution in [3.05, 3.63) is 64.8 Å². The summed E-state index contributed by atoms with van der Waals surface area (Å²) in [4.78, 5) is 27.3. The first-order valence-corrected chi connectivity index (χ1v) is 10.6. The Morgan fingerprint density at radius 1 is 1.23 bits per heavy atom. The van der Waals surface area contributed by atoms with Crippen molar-refractivity contribution in [2.75, 3.05) is 14.2 Å². The van der Waals surface area contributed by atoms with Crippen molar-refractivity contribution in [3.8, 4) is 11.6 Å². The van der Waals surface area contributed by atoms with E-state index in [2.05, 4.69) is 20.3 Å². The molecule has 9 heteroatoms. The van der Waals surface area contributed by atoms with Gasteiger partial charge in [-0.05, 0) is 37.1 Å². The van der Waals surface area contributed by atoms with E-state index < -0.39 is 0 Å². The summed E-state index contributed by atoms with van der Waals surface area (Å²) in [5.41, 5.74) is 2.83. The number of carbonyl (C=O) groups excluding carboxylic acids is 1. The molecular weight excluding hydrogens is 414 g/mol. The predicted octanol–water partition coefficient (Wildman–Crippen LogP) is 3.83. The van der Waals surface area contributed by atoms with Crippen LogP contribution in [-0.4, -0.2) is 39.6 Å². The fourth-order valence-corrected chi connectivity index (χ4v) is 4.49. The molecule has 0 aliphatic carbocycles. The summed E-state index contributed by atoms with van der Waals surface area (Å²) in [6.07, 6.45) is 5.38. The van der Waals surface area contributed by atoms with E-state index in [-0.39, 0.29) is 18.6 Å². The smallest absolute Gasteiger partial charge is 0.262 e. The number of benzene rings is 1. The molecule has 1 atom stereocenters. The zero-order chi connectivity index (χ0) is 22.0. The van der Waals surface area contributed by atoms with Gasteiger partial charge in [0.25, 0.3) is 5.91 Å². The van der Waals surface area contributed by atoms with Gasteiger partial charge in [0, 0.05) is 25.2 Å². The standard InChI is InChI=1S/C22H23N5O3S/c1-13-18-21(30-4)25-17(11-29-3)26-22(18)31-19(13)20(28)24-14(2)15-5-7-16(8-6-15)27-10-9-23-12-27/h5-10,12,14H,11H2,1-4H3,(H,24,28). The van der Waals surface area contributed by atoms with Crippen LogP contribution in [0.25, 0.3) is 15.9 Å².